The van der Waals surface area contributed by atoms with Crippen molar-refractivity contribution in [2.75, 3.05) is 0 Å². The highest BCUT2D eigenvalue weighted by Gasteiger charge is 2.07. The molecule has 0 aliphatic heterocycles. The van der Waals surface area contributed by atoms with E-state index in [9.17, 15) is 4.79 Å². The third-order valence-corrected chi connectivity index (χ3v) is 1.99. The van der Waals surface area contributed by atoms with Crippen LogP contribution in [0.2, 0.25) is 0 Å². The van der Waals surface area contributed by atoms with Gasteiger partial charge in [-0.25, -0.2) is 0 Å². The molecule has 1 unspecified atom stereocenters. The van der Waals surface area contributed by atoms with Gasteiger partial charge in [0.25, 0.3) is 0 Å². The Balaban J connectivity index is 2.65. The summed E-state index contributed by atoms with van der Waals surface area (Å²) < 4.78 is 0. The lowest BCUT2D eigenvalue weighted by atomic mass is 9.99. The summed E-state index contributed by atoms with van der Waals surface area (Å²) in [6.07, 6.45) is 0.408. The first-order valence-corrected chi connectivity index (χ1v) is 4.31. The van der Waals surface area contributed by atoms with Gasteiger partial charge in [-0.05, 0) is 23.1 Å². The minimum Gasteiger partial charge on any atom is -0.281 e. The lowest BCUT2D eigenvalue weighted by Gasteiger charge is -2.07. The number of halogens is 1. The third kappa shape index (κ3) is 2.67. The Labute approximate surface area is 77.4 Å². The van der Waals surface area contributed by atoms with Gasteiger partial charge in [0.15, 0.2) is 0 Å². The molecule has 0 aromatic heterocycles. The van der Waals surface area contributed by atoms with Crippen LogP contribution in [0.15, 0.2) is 30.3 Å². The van der Waals surface area contributed by atoms with E-state index < -0.39 is 0 Å². The van der Waals surface area contributed by atoms with Crippen molar-refractivity contribution in [2.24, 2.45) is 0 Å². The van der Waals surface area contributed by atoms with E-state index in [0.29, 0.717) is 6.42 Å². The minimum absolute atomic E-state index is 0.219. The summed E-state index contributed by atoms with van der Waals surface area (Å²) in [4.78, 5) is 10.6. The molecule has 0 fully saturated rings. The van der Waals surface area contributed by atoms with Crippen LogP contribution in [-0.2, 0) is 4.79 Å². The van der Waals surface area contributed by atoms with Crippen LogP contribution >= 0.6 is 11.6 Å². The molecule has 0 amide bonds. The van der Waals surface area contributed by atoms with Crippen molar-refractivity contribution in [3.8, 4) is 0 Å². The Morgan fingerprint density at radius 2 is 2.00 bits per heavy atom. The number of hydrogen-bond acceptors (Lipinski definition) is 1. The fraction of sp³-hybridized carbons (Fsp3) is 0.300. The molecule has 0 radical (unpaired) electrons. The molecule has 2 heteroatoms. The van der Waals surface area contributed by atoms with E-state index in [1.165, 1.54) is 0 Å². The van der Waals surface area contributed by atoms with Gasteiger partial charge in [-0.1, -0.05) is 37.3 Å². The monoisotopic (exact) mass is 182 g/mol. The zero-order valence-corrected chi connectivity index (χ0v) is 7.71. The quantitative estimate of drug-likeness (QED) is 0.657. The van der Waals surface area contributed by atoms with Gasteiger partial charge in [0.2, 0.25) is 5.24 Å². The summed E-state index contributed by atoms with van der Waals surface area (Å²) in [5.41, 5.74) is 1.16. The normalized spacial score (nSPS) is 12.5. The number of rotatable bonds is 3. The molecule has 1 atom stereocenters. The lowest BCUT2D eigenvalue weighted by Crippen LogP contribution is -1.97. The van der Waals surface area contributed by atoms with Gasteiger partial charge in [0.1, 0.15) is 0 Å². The molecule has 0 saturated carbocycles. The average molecular weight is 183 g/mol. The molecule has 0 heterocycles. The summed E-state index contributed by atoms with van der Waals surface area (Å²) >= 11 is 5.28. The Morgan fingerprint density at radius 1 is 1.42 bits per heavy atom. The molecule has 64 valence electrons. The van der Waals surface area contributed by atoms with Crippen LogP contribution in [0.4, 0.5) is 0 Å². The second-order valence-electron chi connectivity index (χ2n) is 2.87. The number of benzene rings is 1. The van der Waals surface area contributed by atoms with Crippen LogP contribution in [0.1, 0.15) is 24.8 Å². The SMILES string of the molecule is CC(CC(=O)Cl)c1ccccc1. The Bertz CT molecular complexity index is 256. The maximum absolute atomic E-state index is 10.6. The molecule has 1 nitrogen and oxygen atoms in total. The Morgan fingerprint density at radius 3 is 2.50 bits per heavy atom. The van der Waals surface area contributed by atoms with E-state index in [0.717, 1.165) is 5.56 Å². The standard InChI is InChI=1S/C10H11ClO/c1-8(7-10(11)12)9-5-3-2-4-6-9/h2-6,8H,7H2,1H3. The van der Waals surface area contributed by atoms with Crippen LogP contribution < -0.4 is 0 Å². The summed E-state index contributed by atoms with van der Waals surface area (Å²) in [5.74, 6) is 0.219. The predicted octanol–water partition coefficient (Wildman–Crippen LogP) is 2.95. The average Bonchev–Trinajstić information content (AvgIpc) is 2.05. The first-order chi connectivity index (χ1) is 5.70. The van der Waals surface area contributed by atoms with E-state index in [1.807, 2.05) is 37.3 Å². The van der Waals surface area contributed by atoms with Crippen molar-refractivity contribution in [3.63, 3.8) is 0 Å². The van der Waals surface area contributed by atoms with E-state index >= 15 is 0 Å². The first-order valence-electron chi connectivity index (χ1n) is 3.93. The molecular formula is C10H11ClO. The maximum Gasteiger partial charge on any atom is 0.222 e. The van der Waals surface area contributed by atoms with E-state index in [-0.39, 0.29) is 11.2 Å². The molecule has 1 aromatic carbocycles. The van der Waals surface area contributed by atoms with Crippen molar-refractivity contribution in [3.05, 3.63) is 35.9 Å². The third-order valence-electron chi connectivity index (χ3n) is 1.84. The van der Waals surface area contributed by atoms with Gasteiger partial charge in [0, 0.05) is 6.42 Å². The minimum atomic E-state index is -0.272. The van der Waals surface area contributed by atoms with Gasteiger partial charge in [-0.3, -0.25) is 4.79 Å². The van der Waals surface area contributed by atoms with Crippen molar-refractivity contribution in [1.82, 2.24) is 0 Å². The molecule has 1 aromatic rings. The molecule has 0 aliphatic rings. The van der Waals surface area contributed by atoms with E-state index in [2.05, 4.69) is 0 Å². The van der Waals surface area contributed by atoms with E-state index in [4.69, 9.17) is 11.6 Å². The molecule has 0 N–H and O–H groups in total. The van der Waals surface area contributed by atoms with Crippen molar-refractivity contribution in [1.29, 1.82) is 0 Å². The Hall–Kier alpha value is -0.820. The molecule has 0 aliphatic carbocycles. The van der Waals surface area contributed by atoms with Crippen LogP contribution in [-0.4, -0.2) is 5.24 Å². The lowest BCUT2D eigenvalue weighted by molar-refractivity contribution is -0.111. The highest BCUT2D eigenvalue weighted by atomic mass is 35.5. The molecule has 0 bridgehead atoms. The second-order valence-corrected chi connectivity index (χ2v) is 3.29. The van der Waals surface area contributed by atoms with Crippen molar-refractivity contribution < 1.29 is 4.79 Å². The first kappa shape index (κ1) is 9.27. The smallest absolute Gasteiger partial charge is 0.222 e. The zero-order chi connectivity index (χ0) is 8.97. The van der Waals surface area contributed by atoms with Crippen LogP contribution in [0, 0.1) is 0 Å². The maximum atomic E-state index is 10.6. The highest BCUT2D eigenvalue weighted by molar-refractivity contribution is 6.63. The number of carbonyl (C=O) groups is 1. The largest absolute Gasteiger partial charge is 0.281 e. The van der Waals surface area contributed by atoms with Crippen molar-refractivity contribution >= 4 is 16.8 Å². The second kappa shape index (κ2) is 4.27. The van der Waals surface area contributed by atoms with Gasteiger partial charge in [-0.15, -0.1) is 0 Å². The Kier molecular flexibility index (Phi) is 3.30. The van der Waals surface area contributed by atoms with Crippen molar-refractivity contribution in [2.45, 2.75) is 19.3 Å². The predicted molar refractivity (Wildman–Crippen MR) is 50.3 cm³/mol. The molecule has 12 heavy (non-hydrogen) atoms. The van der Waals surface area contributed by atoms with Gasteiger partial charge in [-0.2, -0.15) is 0 Å². The summed E-state index contributed by atoms with van der Waals surface area (Å²) in [7, 11) is 0. The summed E-state index contributed by atoms with van der Waals surface area (Å²) in [6.45, 7) is 2.00. The zero-order valence-electron chi connectivity index (χ0n) is 6.96. The molecule has 1 rings (SSSR count). The van der Waals surface area contributed by atoms with Gasteiger partial charge < -0.3 is 0 Å². The highest BCUT2D eigenvalue weighted by Crippen LogP contribution is 2.19. The van der Waals surface area contributed by atoms with Gasteiger partial charge in [0.05, 0.1) is 0 Å². The fourth-order valence-corrected chi connectivity index (χ4v) is 1.37. The molecule has 0 saturated heterocycles. The van der Waals surface area contributed by atoms with Crippen LogP contribution in [0.5, 0.6) is 0 Å². The number of hydrogen-bond donors (Lipinski definition) is 0. The molecule has 0 spiro atoms. The van der Waals surface area contributed by atoms with Crippen LogP contribution in [0.3, 0.4) is 0 Å². The topological polar surface area (TPSA) is 17.1 Å². The van der Waals surface area contributed by atoms with Crippen LogP contribution in [0.25, 0.3) is 0 Å². The molecular weight excluding hydrogens is 172 g/mol. The summed E-state index contributed by atoms with van der Waals surface area (Å²) in [5, 5.41) is -0.272. The van der Waals surface area contributed by atoms with E-state index in [1.54, 1.807) is 0 Å². The number of carbonyl (C=O) groups excluding carboxylic acids is 1. The fourth-order valence-electron chi connectivity index (χ4n) is 1.14. The summed E-state index contributed by atoms with van der Waals surface area (Å²) in [6, 6.07) is 9.89. The van der Waals surface area contributed by atoms with Gasteiger partial charge >= 0.3 is 0 Å².